The largest absolute Gasteiger partial charge is 0.478 e. The molecule has 0 saturated heterocycles. The summed E-state index contributed by atoms with van der Waals surface area (Å²) in [6.45, 7) is 1.76. The molecule has 0 amide bonds. The van der Waals surface area contributed by atoms with E-state index in [0.29, 0.717) is 15.6 Å². The van der Waals surface area contributed by atoms with Crippen LogP contribution in [0.1, 0.15) is 28.9 Å². The Morgan fingerprint density at radius 2 is 1.96 bits per heavy atom. The molecule has 0 radical (unpaired) electrons. The summed E-state index contributed by atoms with van der Waals surface area (Å²) in [7, 11) is 0. The maximum atomic E-state index is 11.1. The third-order valence-corrected chi connectivity index (χ3v) is 3.80. The number of carboxylic acids is 1. The lowest BCUT2D eigenvalue weighted by Gasteiger charge is -2.17. The average molecular weight is 355 g/mol. The molecule has 6 nitrogen and oxygen atoms in total. The van der Waals surface area contributed by atoms with Gasteiger partial charge in [0.1, 0.15) is 5.69 Å². The molecule has 0 aliphatic rings. The number of anilines is 1. The molecular weight excluding hydrogens is 343 g/mol. The van der Waals surface area contributed by atoms with Crippen molar-refractivity contribution in [3.05, 3.63) is 67.7 Å². The van der Waals surface area contributed by atoms with Crippen molar-refractivity contribution in [2.75, 3.05) is 5.32 Å². The molecule has 120 valence electrons. The average Bonchev–Trinajstić information content (AvgIpc) is 2.46. The van der Waals surface area contributed by atoms with Gasteiger partial charge in [-0.05, 0) is 36.8 Å². The summed E-state index contributed by atoms with van der Waals surface area (Å²) in [6.07, 6.45) is 0. The number of nitro groups is 1. The number of rotatable bonds is 5. The van der Waals surface area contributed by atoms with Crippen LogP contribution in [0.25, 0.3) is 0 Å². The van der Waals surface area contributed by atoms with Crippen LogP contribution in [0.4, 0.5) is 11.4 Å². The zero-order valence-electron chi connectivity index (χ0n) is 11.9. The molecule has 2 aromatic rings. The monoisotopic (exact) mass is 354 g/mol. The maximum Gasteiger partial charge on any atom is 0.335 e. The summed E-state index contributed by atoms with van der Waals surface area (Å²) in [5, 5.41) is 24.0. The number of nitrogens with zero attached hydrogens (tertiary/aromatic N) is 1. The number of nitro benzene ring substituents is 1. The Balaban J connectivity index is 2.39. The van der Waals surface area contributed by atoms with Gasteiger partial charge in [0.25, 0.3) is 5.69 Å². The van der Waals surface area contributed by atoms with Crippen molar-refractivity contribution in [1.29, 1.82) is 0 Å². The molecule has 0 spiro atoms. The molecule has 2 N–H and O–H groups in total. The Labute approximate surface area is 141 Å². The van der Waals surface area contributed by atoms with E-state index in [-0.39, 0.29) is 23.0 Å². The van der Waals surface area contributed by atoms with Gasteiger partial charge in [0.15, 0.2) is 0 Å². The second-order valence-corrected chi connectivity index (χ2v) is 5.67. The van der Waals surface area contributed by atoms with Gasteiger partial charge in [-0.15, -0.1) is 0 Å². The van der Waals surface area contributed by atoms with Crippen LogP contribution in [0.2, 0.25) is 10.0 Å². The van der Waals surface area contributed by atoms with Crippen molar-refractivity contribution in [2.24, 2.45) is 0 Å². The summed E-state index contributed by atoms with van der Waals surface area (Å²) in [6, 6.07) is 8.10. The van der Waals surface area contributed by atoms with E-state index in [1.54, 1.807) is 25.1 Å². The van der Waals surface area contributed by atoms with Crippen LogP contribution in [0.5, 0.6) is 0 Å². The van der Waals surface area contributed by atoms with Gasteiger partial charge in [0, 0.05) is 16.1 Å². The minimum atomic E-state index is -1.17. The molecule has 2 rings (SSSR count). The zero-order chi connectivity index (χ0) is 17.1. The molecule has 0 aliphatic heterocycles. The Morgan fingerprint density at radius 1 is 1.26 bits per heavy atom. The number of carboxylic acid groups (broad SMARTS) is 1. The van der Waals surface area contributed by atoms with Crippen molar-refractivity contribution in [3.8, 4) is 0 Å². The van der Waals surface area contributed by atoms with Crippen LogP contribution in [0.15, 0.2) is 36.4 Å². The molecule has 0 unspecified atom stereocenters. The third-order valence-electron chi connectivity index (χ3n) is 3.24. The summed E-state index contributed by atoms with van der Waals surface area (Å²) in [5.74, 6) is -1.17. The number of nitrogens with one attached hydrogen (secondary N) is 1. The smallest absolute Gasteiger partial charge is 0.335 e. The lowest BCUT2D eigenvalue weighted by Crippen LogP contribution is -2.10. The first-order valence-corrected chi connectivity index (χ1v) is 7.28. The Bertz CT molecular complexity index is 780. The fourth-order valence-electron chi connectivity index (χ4n) is 2.11. The third kappa shape index (κ3) is 3.91. The summed E-state index contributed by atoms with van der Waals surface area (Å²) in [4.78, 5) is 21.6. The summed E-state index contributed by atoms with van der Waals surface area (Å²) < 4.78 is 0. The van der Waals surface area contributed by atoms with E-state index >= 15 is 0 Å². The van der Waals surface area contributed by atoms with Gasteiger partial charge in [0.2, 0.25) is 0 Å². The van der Waals surface area contributed by atoms with E-state index < -0.39 is 10.9 Å². The van der Waals surface area contributed by atoms with E-state index in [0.717, 1.165) is 6.07 Å². The number of hydrogen-bond donors (Lipinski definition) is 2. The molecule has 0 fully saturated rings. The van der Waals surface area contributed by atoms with E-state index in [1.165, 1.54) is 12.1 Å². The zero-order valence-corrected chi connectivity index (χ0v) is 13.4. The topological polar surface area (TPSA) is 92.5 Å². The highest BCUT2D eigenvalue weighted by Gasteiger charge is 2.19. The highest BCUT2D eigenvalue weighted by molar-refractivity contribution is 6.35. The summed E-state index contributed by atoms with van der Waals surface area (Å²) >= 11 is 12.0. The quantitative estimate of drug-likeness (QED) is 0.595. The van der Waals surface area contributed by atoms with Crippen molar-refractivity contribution in [1.82, 2.24) is 0 Å². The number of aromatic carboxylic acids is 1. The van der Waals surface area contributed by atoms with Crippen LogP contribution < -0.4 is 5.32 Å². The SMILES string of the molecule is C[C@H](Nc1cc(C(=O)O)ccc1[N+](=O)[O-])c1ccc(Cl)cc1Cl. The number of carbonyl (C=O) groups is 1. The second kappa shape index (κ2) is 6.85. The van der Waals surface area contributed by atoms with Crippen molar-refractivity contribution in [3.63, 3.8) is 0 Å². The van der Waals surface area contributed by atoms with Gasteiger partial charge in [-0.25, -0.2) is 4.79 Å². The van der Waals surface area contributed by atoms with Gasteiger partial charge in [-0.2, -0.15) is 0 Å². The second-order valence-electron chi connectivity index (χ2n) is 4.83. The molecule has 0 aliphatic carbocycles. The van der Waals surface area contributed by atoms with Crippen molar-refractivity contribution < 1.29 is 14.8 Å². The van der Waals surface area contributed by atoms with Gasteiger partial charge in [0.05, 0.1) is 16.5 Å². The predicted octanol–water partition coefficient (Wildman–Crippen LogP) is 4.77. The predicted molar refractivity (Wildman–Crippen MR) is 88.6 cm³/mol. The van der Waals surface area contributed by atoms with Crippen molar-refractivity contribution >= 4 is 40.5 Å². The minimum Gasteiger partial charge on any atom is -0.478 e. The maximum absolute atomic E-state index is 11.1. The lowest BCUT2D eigenvalue weighted by molar-refractivity contribution is -0.384. The van der Waals surface area contributed by atoms with Crippen LogP contribution >= 0.6 is 23.2 Å². The number of benzene rings is 2. The molecule has 8 heteroatoms. The first kappa shape index (κ1) is 17.1. The van der Waals surface area contributed by atoms with E-state index in [2.05, 4.69) is 5.32 Å². The van der Waals surface area contributed by atoms with Crippen LogP contribution in [0, 0.1) is 10.1 Å². The minimum absolute atomic E-state index is 0.0486. The highest BCUT2D eigenvalue weighted by atomic mass is 35.5. The normalized spacial score (nSPS) is 11.8. The highest BCUT2D eigenvalue weighted by Crippen LogP contribution is 2.32. The van der Waals surface area contributed by atoms with E-state index in [1.807, 2.05) is 0 Å². The van der Waals surface area contributed by atoms with Crippen LogP contribution in [0.3, 0.4) is 0 Å². The van der Waals surface area contributed by atoms with Gasteiger partial charge < -0.3 is 10.4 Å². The van der Waals surface area contributed by atoms with E-state index in [9.17, 15) is 14.9 Å². The molecule has 0 heterocycles. The first-order chi connectivity index (χ1) is 10.8. The fraction of sp³-hybridized carbons (Fsp3) is 0.133. The molecule has 0 bridgehead atoms. The van der Waals surface area contributed by atoms with Gasteiger partial charge in [-0.1, -0.05) is 29.3 Å². The van der Waals surface area contributed by atoms with Gasteiger partial charge >= 0.3 is 5.97 Å². The van der Waals surface area contributed by atoms with Gasteiger partial charge in [-0.3, -0.25) is 10.1 Å². The van der Waals surface area contributed by atoms with E-state index in [4.69, 9.17) is 28.3 Å². The molecule has 23 heavy (non-hydrogen) atoms. The standard InChI is InChI=1S/C15H12Cl2N2O4/c1-8(11-4-3-10(16)7-12(11)17)18-13-6-9(15(20)21)2-5-14(13)19(22)23/h2-8,18H,1H3,(H,20,21)/t8-/m0/s1. The number of halogens is 2. The molecule has 0 saturated carbocycles. The number of hydrogen-bond acceptors (Lipinski definition) is 4. The lowest BCUT2D eigenvalue weighted by atomic mass is 10.1. The Hall–Kier alpha value is -2.31. The van der Waals surface area contributed by atoms with Crippen molar-refractivity contribution in [2.45, 2.75) is 13.0 Å². The molecule has 0 aromatic heterocycles. The molecular formula is C15H12Cl2N2O4. The summed E-state index contributed by atoms with van der Waals surface area (Å²) in [5.41, 5.74) is 0.527. The van der Waals surface area contributed by atoms with Crippen LogP contribution in [-0.2, 0) is 0 Å². The molecule has 2 aromatic carbocycles. The van der Waals surface area contributed by atoms with Crippen LogP contribution in [-0.4, -0.2) is 16.0 Å². The Kier molecular flexibility index (Phi) is 5.08. The first-order valence-electron chi connectivity index (χ1n) is 6.53. The Morgan fingerprint density at radius 3 is 2.52 bits per heavy atom. The molecule has 1 atom stereocenters. The fourth-order valence-corrected chi connectivity index (χ4v) is 2.68.